The molecule has 25 heavy (non-hydrogen) atoms. The lowest BCUT2D eigenvalue weighted by Gasteiger charge is -2.22. The quantitative estimate of drug-likeness (QED) is 0.638. The molecule has 1 saturated heterocycles. The average molecular weight is 422 g/mol. The summed E-state index contributed by atoms with van der Waals surface area (Å²) in [5.74, 6) is 0.400. The highest BCUT2D eigenvalue weighted by Crippen LogP contribution is 2.35. The molecule has 1 aliphatic heterocycles. The maximum Gasteiger partial charge on any atom is 0.357 e. The minimum absolute atomic E-state index is 0.134. The summed E-state index contributed by atoms with van der Waals surface area (Å²) >= 11 is 9.62. The van der Waals surface area contributed by atoms with Crippen LogP contribution in [0.4, 0.5) is 0 Å². The molecule has 0 amide bonds. The monoisotopic (exact) mass is 420 g/mol. The number of aromatic nitrogens is 3. The van der Waals surface area contributed by atoms with Gasteiger partial charge in [0.05, 0.1) is 5.56 Å². The maximum absolute atomic E-state index is 12.4. The number of nitrogens with zero attached hydrogens (tertiary/aromatic N) is 4. The number of hydrogen-bond donors (Lipinski definition) is 0. The summed E-state index contributed by atoms with van der Waals surface area (Å²) < 4.78 is 2.51. The van der Waals surface area contributed by atoms with Crippen molar-refractivity contribution in [2.24, 2.45) is 0 Å². The predicted octanol–water partition coefficient (Wildman–Crippen LogP) is 4.05. The number of fused-ring (bicyclic) bond motifs is 1. The van der Waals surface area contributed by atoms with Crippen molar-refractivity contribution in [2.75, 3.05) is 6.54 Å². The van der Waals surface area contributed by atoms with Crippen molar-refractivity contribution in [2.45, 2.75) is 18.9 Å². The lowest BCUT2D eigenvalue weighted by atomic mass is 10.2. The Morgan fingerprint density at radius 2 is 2.12 bits per heavy atom. The van der Waals surface area contributed by atoms with E-state index >= 15 is 0 Å². The van der Waals surface area contributed by atoms with Gasteiger partial charge < -0.3 is 4.84 Å². The molecule has 6 nitrogen and oxygen atoms in total. The number of rotatable bonds is 3. The molecule has 0 N–H and O–H groups in total. The fourth-order valence-corrected chi connectivity index (χ4v) is 3.97. The summed E-state index contributed by atoms with van der Waals surface area (Å²) in [6.07, 6.45) is 5.19. The number of imidazole rings is 1. The van der Waals surface area contributed by atoms with Crippen LogP contribution in [0.5, 0.6) is 0 Å². The van der Waals surface area contributed by atoms with Crippen LogP contribution in [0.2, 0.25) is 5.15 Å². The van der Waals surface area contributed by atoms with Gasteiger partial charge in [0.15, 0.2) is 5.15 Å². The summed E-state index contributed by atoms with van der Waals surface area (Å²) in [5.41, 5.74) is 1.23. The molecule has 3 heterocycles. The van der Waals surface area contributed by atoms with Crippen molar-refractivity contribution in [3.05, 3.63) is 63.9 Å². The second kappa shape index (κ2) is 6.74. The highest BCUT2D eigenvalue weighted by atomic mass is 79.9. The minimum atomic E-state index is -0.368. The zero-order valence-corrected chi connectivity index (χ0v) is 15.4. The van der Waals surface area contributed by atoms with E-state index < -0.39 is 0 Å². The fraction of sp³-hybridized carbons (Fsp3) is 0.235. The first-order valence-electron chi connectivity index (χ1n) is 7.87. The Balaban J connectivity index is 1.64. The lowest BCUT2D eigenvalue weighted by Crippen LogP contribution is -2.28. The lowest BCUT2D eigenvalue weighted by molar-refractivity contribution is -0.122. The molecule has 0 aliphatic carbocycles. The van der Waals surface area contributed by atoms with Crippen molar-refractivity contribution in [1.82, 2.24) is 19.4 Å². The second-order valence-electron chi connectivity index (χ2n) is 5.74. The van der Waals surface area contributed by atoms with Gasteiger partial charge in [0.1, 0.15) is 22.0 Å². The van der Waals surface area contributed by atoms with Crippen molar-refractivity contribution >= 4 is 39.0 Å². The average Bonchev–Trinajstić information content (AvgIpc) is 3.20. The molecule has 128 valence electrons. The van der Waals surface area contributed by atoms with E-state index in [0.29, 0.717) is 27.4 Å². The highest BCUT2D eigenvalue weighted by molar-refractivity contribution is 9.10. The van der Waals surface area contributed by atoms with Crippen LogP contribution in [-0.2, 0) is 4.84 Å². The third-order valence-corrected chi connectivity index (χ3v) is 5.04. The van der Waals surface area contributed by atoms with E-state index in [4.69, 9.17) is 16.4 Å². The van der Waals surface area contributed by atoms with Crippen LogP contribution in [0.1, 0.15) is 35.1 Å². The zero-order valence-electron chi connectivity index (χ0n) is 13.1. The van der Waals surface area contributed by atoms with Crippen molar-refractivity contribution in [3.63, 3.8) is 0 Å². The van der Waals surface area contributed by atoms with Gasteiger partial charge in [-0.05, 0) is 40.9 Å². The standard InChI is InChI=1S/C17H14BrClN4O2/c18-14-13-15(19)20-8-10-22(13)16(21-14)12-7-4-9-23(12)25-17(24)11-5-2-1-3-6-11/h1-3,5-6,8,10,12H,4,7,9H2/t12-/m0/s1. The van der Waals surface area contributed by atoms with Crippen molar-refractivity contribution in [1.29, 1.82) is 0 Å². The molecule has 1 aromatic carbocycles. The molecule has 1 aliphatic rings. The first kappa shape index (κ1) is 16.5. The molecule has 2 aromatic heterocycles. The molecule has 8 heteroatoms. The van der Waals surface area contributed by atoms with Crippen LogP contribution < -0.4 is 0 Å². The van der Waals surface area contributed by atoms with E-state index in [0.717, 1.165) is 18.7 Å². The summed E-state index contributed by atoms with van der Waals surface area (Å²) in [5, 5.41) is 2.07. The smallest absolute Gasteiger partial charge is 0.357 e. The van der Waals surface area contributed by atoms with E-state index in [2.05, 4.69) is 25.9 Å². The molecule has 3 aromatic rings. The third kappa shape index (κ3) is 3.03. The number of hydroxylamine groups is 2. The molecule has 0 spiro atoms. The maximum atomic E-state index is 12.4. The van der Waals surface area contributed by atoms with Gasteiger partial charge in [-0.3, -0.25) is 4.40 Å². The van der Waals surface area contributed by atoms with Crippen molar-refractivity contribution < 1.29 is 9.63 Å². The normalized spacial score (nSPS) is 17.9. The van der Waals surface area contributed by atoms with E-state index in [1.54, 1.807) is 23.4 Å². The van der Waals surface area contributed by atoms with Gasteiger partial charge in [-0.25, -0.2) is 14.8 Å². The molecule has 0 saturated carbocycles. The Morgan fingerprint density at radius 3 is 2.92 bits per heavy atom. The Hall–Kier alpha value is -1.96. The van der Waals surface area contributed by atoms with E-state index in [1.165, 1.54) is 0 Å². The number of halogens is 2. The van der Waals surface area contributed by atoms with Crippen LogP contribution in [0.15, 0.2) is 47.3 Å². The Labute approximate surface area is 157 Å². The Kier molecular flexibility index (Phi) is 4.45. The largest absolute Gasteiger partial charge is 0.363 e. The summed E-state index contributed by atoms with van der Waals surface area (Å²) in [6.45, 7) is 0.661. The topological polar surface area (TPSA) is 59.7 Å². The van der Waals surface area contributed by atoms with Gasteiger partial charge in [-0.2, -0.15) is 0 Å². The molecule has 1 fully saturated rings. The van der Waals surface area contributed by atoms with Crippen molar-refractivity contribution in [3.8, 4) is 0 Å². The Bertz CT molecular complexity index is 931. The van der Waals surface area contributed by atoms with Gasteiger partial charge in [0.25, 0.3) is 0 Å². The predicted molar refractivity (Wildman–Crippen MR) is 96.2 cm³/mol. The first-order valence-corrected chi connectivity index (χ1v) is 9.04. The number of benzene rings is 1. The van der Waals surface area contributed by atoms with Gasteiger partial charge in [-0.1, -0.05) is 29.8 Å². The first-order chi connectivity index (χ1) is 12.1. The van der Waals surface area contributed by atoms with E-state index in [1.807, 2.05) is 28.8 Å². The van der Waals surface area contributed by atoms with Crippen LogP contribution in [-0.4, -0.2) is 31.9 Å². The molecule has 0 radical (unpaired) electrons. The van der Waals surface area contributed by atoms with E-state index in [9.17, 15) is 4.79 Å². The van der Waals surface area contributed by atoms with Crippen LogP contribution in [0, 0.1) is 0 Å². The van der Waals surface area contributed by atoms with Gasteiger partial charge in [0.2, 0.25) is 0 Å². The number of carbonyl (C=O) groups excluding carboxylic acids is 1. The number of carbonyl (C=O) groups is 1. The number of hydrogen-bond acceptors (Lipinski definition) is 5. The third-order valence-electron chi connectivity index (χ3n) is 4.21. The Morgan fingerprint density at radius 1 is 1.32 bits per heavy atom. The SMILES string of the molecule is O=C(ON1CCC[C@H]1c1nc(Br)c2c(Cl)nccn12)c1ccccc1. The van der Waals surface area contributed by atoms with Gasteiger partial charge in [-0.15, -0.1) is 5.06 Å². The molecule has 0 unspecified atom stereocenters. The molecular weight excluding hydrogens is 408 g/mol. The van der Waals surface area contributed by atoms with Crippen LogP contribution in [0.25, 0.3) is 5.52 Å². The molecular formula is C17H14BrClN4O2. The summed E-state index contributed by atoms with van der Waals surface area (Å²) in [6, 6.07) is 8.82. The van der Waals surface area contributed by atoms with Crippen LogP contribution >= 0.6 is 27.5 Å². The molecule has 4 rings (SSSR count). The van der Waals surface area contributed by atoms with E-state index in [-0.39, 0.29) is 12.0 Å². The summed E-state index contributed by atoms with van der Waals surface area (Å²) in [7, 11) is 0. The van der Waals surface area contributed by atoms with Gasteiger partial charge >= 0.3 is 5.97 Å². The fourth-order valence-electron chi connectivity index (χ4n) is 3.06. The zero-order chi connectivity index (χ0) is 17.4. The molecule has 1 atom stereocenters. The minimum Gasteiger partial charge on any atom is -0.363 e. The highest BCUT2D eigenvalue weighted by Gasteiger charge is 2.33. The van der Waals surface area contributed by atoms with Crippen LogP contribution in [0.3, 0.4) is 0 Å². The van der Waals surface area contributed by atoms with Gasteiger partial charge in [0, 0.05) is 18.9 Å². The molecule has 0 bridgehead atoms. The second-order valence-corrected chi connectivity index (χ2v) is 6.85. The summed E-state index contributed by atoms with van der Waals surface area (Å²) in [4.78, 5) is 26.7.